The van der Waals surface area contributed by atoms with E-state index in [4.69, 9.17) is 16.3 Å². The van der Waals surface area contributed by atoms with Gasteiger partial charge in [0.15, 0.2) is 0 Å². The molecule has 2 rings (SSSR count). The van der Waals surface area contributed by atoms with E-state index in [9.17, 15) is 9.00 Å². The first-order valence-electron chi connectivity index (χ1n) is 7.58. The van der Waals surface area contributed by atoms with Gasteiger partial charge < -0.3 is 9.64 Å². The van der Waals surface area contributed by atoms with E-state index in [0.29, 0.717) is 23.9 Å². The quantitative estimate of drug-likeness (QED) is 0.776. The summed E-state index contributed by atoms with van der Waals surface area (Å²) >= 11 is 5.80. The molecule has 0 bridgehead atoms. The monoisotopic (exact) mass is 359 g/mol. The highest BCUT2D eigenvalue weighted by Crippen LogP contribution is 2.21. The highest BCUT2D eigenvalue weighted by molar-refractivity contribution is 7.85. The minimum absolute atomic E-state index is 0.158. The molecule has 1 aliphatic heterocycles. The molecule has 2 atom stereocenters. The molecule has 1 aromatic rings. The number of rotatable bonds is 3. The Bertz CT molecular complexity index is 592. The number of likely N-dealkylation sites (tertiary alicyclic amines) is 1. The number of hydrogen-bond donors (Lipinski definition) is 0. The van der Waals surface area contributed by atoms with Crippen molar-refractivity contribution in [2.45, 2.75) is 44.2 Å². The van der Waals surface area contributed by atoms with E-state index >= 15 is 0 Å². The summed E-state index contributed by atoms with van der Waals surface area (Å²) in [6.45, 7) is 6.78. The number of hydrogen-bond acceptors (Lipinski definition) is 5. The molecular weight excluding hydrogens is 338 g/mol. The second-order valence-corrected chi connectivity index (χ2v) is 8.46. The van der Waals surface area contributed by atoms with Crippen LogP contribution >= 0.6 is 11.6 Å². The summed E-state index contributed by atoms with van der Waals surface area (Å²) in [5.41, 5.74) is -0.509. The Hall–Kier alpha value is -1.21. The maximum Gasteiger partial charge on any atom is 0.410 e. The molecule has 1 aliphatic rings. The maximum absolute atomic E-state index is 12.4. The molecule has 1 aromatic heterocycles. The number of carbonyl (C=O) groups is 1. The van der Waals surface area contributed by atoms with Crippen LogP contribution in [0.2, 0.25) is 5.15 Å². The Kier molecular flexibility index (Phi) is 5.97. The van der Waals surface area contributed by atoms with Crippen molar-refractivity contribution in [2.75, 3.05) is 18.8 Å². The average Bonchev–Trinajstić information content (AvgIpc) is 2.45. The second-order valence-electron chi connectivity index (χ2n) is 6.63. The van der Waals surface area contributed by atoms with Gasteiger partial charge in [-0.25, -0.2) is 14.8 Å². The average molecular weight is 360 g/mol. The molecule has 23 heavy (non-hydrogen) atoms. The molecule has 1 amide bonds. The van der Waals surface area contributed by atoms with Crippen LogP contribution in [0.1, 0.15) is 33.6 Å². The normalized spacial score (nSPS) is 20.2. The summed E-state index contributed by atoms with van der Waals surface area (Å²) in [5.74, 6) is 0.609. The first-order valence-corrected chi connectivity index (χ1v) is 9.28. The van der Waals surface area contributed by atoms with Crippen molar-refractivity contribution >= 4 is 28.5 Å². The van der Waals surface area contributed by atoms with Gasteiger partial charge in [-0.1, -0.05) is 11.6 Å². The van der Waals surface area contributed by atoms with Crippen LogP contribution in [0.4, 0.5) is 4.79 Å². The van der Waals surface area contributed by atoms with Crippen molar-refractivity contribution in [3.8, 4) is 0 Å². The summed E-state index contributed by atoms with van der Waals surface area (Å²) in [6, 6.07) is 1.52. The summed E-state index contributed by atoms with van der Waals surface area (Å²) in [4.78, 5) is 21.6. The number of halogens is 1. The summed E-state index contributed by atoms with van der Waals surface area (Å²) in [6.07, 6.45) is 2.82. The molecule has 0 unspecified atom stereocenters. The third kappa shape index (κ3) is 5.73. The van der Waals surface area contributed by atoms with Gasteiger partial charge in [-0.15, -0.1) is 0 Å². The van der Waals surface area contributed by atoms with Gasteiger partial charge in [0.2, 0.25) is 0 Å². The number of aromatic nitrogens is 2. The van der Waals surface area contributed by atoms with Crippen LogP contribution < -0.4 is 0 Å². The Morgan fingerprint density at radius 2 is 2.22 bits per heavy atom. The van der Waals surface area contributed by atoms with E-state index in [1.54, 1.807) is 4.90 Å². The number of amides is 1. The third-order valence-corrected chi connectivity index (χ3v) is 5.07. The molecule has 0 radical (unpaired) electrons. The zero-order valence-electron chi connectivity index (χ0n) is 13.6. The lowest BCUT2D eigenvalue weighted by atomic mass is 10.0. The van der Waals surface area contributed by atoms with E-state index in [1.165, 1.54) is 12.4 Å². The highest BCUT2D eigenvalue weighted by Gasteiger charge is 2.28. The molecular formula is C15H22ClN3O3S. The van der Waals surface area contributed by atoms with Crippen LogP contribution in [0.3, 0.4) is 0 Å². The highest BCUT2D eigenvalue weighted by atomic mass is 35.5. The predicted molar refractivity (Wildman–Crippen MR) is 88.8 cm³/mol. The smallest absolute Gasteiger partial charge is 0.410 e. The Balaban J connectivity index is 1.93. The van der Waals surface area contributed by atoms with Gasteiger partial charge in [0.1, 0.15) is 22.1 Å². The summed E-state index contributed by atoms with van der Waals surface area (Å²) in [7, 11) is -1.25. The summed E-state index contributed by atoms with van der Waals surface area (Å²) < 4.78 is 17.8. The Morgan fingerprint density at radius 1 is 1.48 bits per heavy atom. The van der Waals surface area contributed by atoms with Gasteiger partial charge in [0, 0.05) is 24.9 Å². The maximum atomic E-state index is 12.4. The largest absolute Gasteiger partial charge is 0.444 e. The molecule has 0 spiro atoms. The van der Waals surface area contributed by atoms with Crippen LogP contribution in [0, 0.1) is 5.92 Å². The summed E-state index contributed by atoms with van der Waals surface area (Å²) in [5, 5.41) is 0.710. The lowest BCUT2D eigenvalue weighted by Crippen LogP contribution is -2.44. The van der Waals surface area contributed by atoms with Crippen molar-refractivity contribution in [3.05, 3.63) is 17.5 Å². The van der Waals surface area contributed by atoms with Gasteiger partial charge in [-0.3, -0.25) is 4.21 Å². The zero-order chi connectivity index (χ0) is 17.0. The van der Waals surface area contributed by atoms with Gasteiger partial charge in [0.25, 0.3) is 0 Å². The van der Waals surface area contributed by atoms with Crippen LogP contribution in [0.15, 0.2) is 17.4 Å². The fraction of sp³-hybridized carbons (Fsp3) is 0.667. The minimum atomic E-state index is -1.25. The molecule has 0 aliphatic carbocycles. The van der Waals surface area contributed by atoms with Crippen molar-refractivity contribution in [3.63, 3.8) is 0 Å². The van der Waals surface area contributed by atoms with Crippen LogP contribution in [0.25, 0.3) is 0 Å². The van der Waals surface area contributed by atoms with E-state index in [1.807, 2.05) is 20.8 Å². The van der Waals surface area contributed by atoms with Crippen LogP contribution in [-0.2, 0) is 15.5 Å². The third-order valence-electron chi connectivity index (χ3n) is 3.40. The second kappa shape index (κ2) is 7.57. The fourth-order valence-corrected chi connectivity index (χ4v) is 3.93. The number of nitrogens with zero attached hydrogens (tertiary/aromatic N) is 3. The molecule has 0 aromatic carbocycles. The number of piperidine rings is 1. The van der Waals surface area contributed by atoms with Crippen molar-refractivity contribution < 1.29 is 13.7 Å². The first kappa shape index (κ1) is 18.1. The Labute approximate surface area is 144 Å². The van der Waals surface area contributed by atoms with Gasteiger partial charge in [-0.2, -0.15) is 0 Å². The van der Waals surface area contributed by atoms with E-state index in [-0.39, 0.29) is 17.2 Å². The van der Waals surface area contributed by atoms with Crippen LogP contribution in [0.5, 0.6) is 0 Å². The number of ether oxygens (including phenoxy) is 1. The van der Waals surface area contributed by atoms with Gasteiger partial charge in [-0.05, 0) is 39.5 Å². The van der Waals surface area contributed by atoms with E-state index in [2.05, 4.69) is 9.97 Å². The van der Waals surface area contributed by atoms with Crippen molar-refractivity contribution in [1.29, 1.82) is 0 Å². The van der Waals surface area contributed by atoms with Gasteiger partial charge in [0.05, 0.1) is 10.8 Å². The van der Waals surface area contributed by atoms with E-state index in [0.717, 1.165) is 12.8 Å². The van der Waals surface area contributed by atoms with Gasteiger partial charge >= 0.3 is 6.09 Å². The fourth-order valence-electron chi connectivity index (χ4n) is 2.43. The molecule has 128 valence electrons. The van der Waals surface area contributed by atoms with Crippen molar-refractivity contribution in [2.24, 2.45) is 5.92 Å². The lowest BCUT2D eigenvalue weighted by molar-refractivity contribution is 0.0176. The zero-order valence-corrected chi connectivity index (χ0v) is 15.2. The van der Waals surface area contributed by atoms with Crippen LogP contribution in [-0.4, -0.2) is 49.6 Å². The molecule has 1 fully saturated rings. The Morgan fingerprint density at radius 3 is 2.87 bits per heavy atom. The lowest BCUT2D eigenvalue weighted by Gasteiger charge is -2.33. The predicted octanol–water partition coefficient (Wildman–Crippen LogP) is 2.88. The topological polar surface area (TPSA) is 72.4 Å². The molecule has 2 heterocycles. The molecule has 1 saturated heterocycles. The number of carbonyl (C=O) groups excluding carboxylic acids is 1. The molecule has 6 nitrogen and oxygen atoms in total. The molecule has 8 heteroatoms. The van der Waals surface area contributed by atoms with E-state index < -0.39 is 16.4 Å². The molecule has 0 N–H and O–H groups in total. The van der Waals surface area contributed by atoms with Crippen molar-refractivity contribution in [1.82, 2.24) is 14.9 Å². The SMILES string of the molecule is CC(C)(C)OC(=O)N1CCC[C@@H](C[S@@](=O)c2cc(Cl)ncn2)C1. The first-order chi connectivity index (χ1) is 10.7. The molecule has 0 saturated carbocycles. The minimum Gasteiger partial charge on any atom is -0.444 e. The standard InChI is InChI=1S/C15H22ClN3O3S/c1-15(2,3)22-14(20)19-6-4-5-11(8-19)9-23(21)13-7-12(16)17-10-18-13/h7,10-11H,4-6,8-9H2,1-3H3/t11-,23-/m1/s1.